The number of hydrogen-bond donors (Lipinski definition) is 0. The number of hydrogen-bond acceptors (Lipinski definition) is 2. The molecule has 0 aliphatic carbocycles. The molecule has 0 amide bonds. The van der Waals surface area contributed by atoms with Crippen LogP contribution in [0.4, 0.5) is 8.78 Å². The van der Waals surface area contributed by atoms with E-state index in [2.05, 4.69) is 5.10 Å². The van der Waals surface area contributed by atoms with E-state index in [-0.39, 0.29) is 5.69 Å². The topological polar surface area (TPSA) is 34.9 Å². The number of nitrogens with zero attached hydrogens (tertiary/aromatic N) is 2. The molecule has 1 heterocycles. The van der Waals surface area contributed by atoms with Gasteiger partial charge in [-0.25, -0.2) is 13.5 Å². The van der Waals surface area contributed by atoms with Crippen molar-refractivity contribution < 1.29 is 13.6 Å². The summed E-state index contributed by atoms with van der Waals surface area (Å²) in [6, 6.07) is 7.76. The Balaban J connectivity index is 2.31. The smallest absolute Gasteiger partial charge is 0.282 e. The van der Waals surface area contributed by atoms with Gasteiger partial charge in [0.2, 0.25) is 0 Å². The molecule has 5 heteroatoms. The van der Waals surface area contributed by atoms with Gasteiger partial charge in [-0.05, 0) is 30.3 Å². The molecule has 0 radical (unpaired) electrons. The lowest BCUT2D eigenvalue weighted by Crippen LogP contribution is -1.96. The summed E-state index contributed by atoms with van der Waals surface area (Å²) in [4.78, 5) is 10.4. The van der Waals surface area contributed by atoms with Crippen LogP contribution in [0.3, 0.4) is 0 Å². The van der Waals surface area contributed by atoms with Crippen LogP contribution in [0.15, 0.2) is 36.5 Å². The highest BCUT2D eigenvalue weighted by Crippen LogP contribution is 2.17. The van der Waals surface area contributed by atoms with Crippen LogP contribution in [0.5, 0.6) is 0 Å². The van der Waals surface area contributed by atoms with E-state index in [0.717, 1.165) is 6.29 Å². The van der Waals surface area contributed by atoms with Crippen molar-refractivity contribution in [3.05, 3.63) is 47.8 Å². The van der Waals surface area contributed by atoms with Crippen LogP contribution in [-0.4, -0.2) is 16.1 Å². The quantitative estimate of drug-likeness (QED) is 0.748. The number of aromatic nitrogens is 2. The van der Waals surface area contributed by atoms with Crippen LogP contribution < -0.4 is 0 Å². The van der Waals surface area contributed by atoms with Gasteiger partial charge in [0, 0.05) is 11.8 Å². The molecule has 1 aromatic carbocycles. The fourth-order valence-corrected chi connectivity index (χ4v) is 1.30. The second-order valence-electron chi connectivity index (χ2n) is 3.20. The van der Waals surface area contributed by atoms with E-state index in [1.807, 2.05) is 0 Å². The summed E-state index contributed by atoms with van der Waals surface area (Å²) in [7, 11) is 0. The SMILES string of the molecule is O=Cc1ccc(-n2ccc(C(F)F)n2)cc1. The van der Waals surface area contributed by atoms with Crippen molar-refractivity contribution in [2.24, 2.45) is 0 Å². The molecule has 16 heavy (non-hydrogen) atoms. The Morgan fingerprint density at radius 3 is 2.38 bits per heavy atom. The zero-order valence-electron chi connectivity index (χ0n) is 8.18. The average molecular weight is 222 g/mol. The van der Waals surface area contributed by atoms with Gasteiger partial charge in [0.05, 0.1) is 5.69 Å². The zero-order chi connectivity index (χ0) is 11.5. The Morgan fingerprint density at radius 1 is 1.19 bits per heavy atom. The Hall–Kier alpha value is -2.04. The van der Waals surface area contributed by atoms with E-state index in [1.54, 1.807) is 24.3 Å². The van der Waals surface area contributed by atoms with E-state index >= 15 is 0 Å². The second-order valence-corrected chi connectivity index (χ2v) is 3.20. The van der Waals surface area contributed by atoms with E-state index in [4.69, 9.17) is 0 Å². The molecule has 0 aliphatic heterocycles. The highest BCUT2D eigenvalue weighted by atomic mass is 19.3. The highest BCUT2D eigenvalue weighted by molar-refractivity contribution is 5.75. The molecule has 82 valence electrons. The van der Waals surface area contributed by atoms with E-state index in [1.165, 1.54) is 16.9 Å². The van der Waals surface area contributed by atoms with Crippen LogP contribution in [0.2, 0.25) is 0 Å². The van der Waals surface area contributed by atoms with Crippen molar-refractivity contribution in [3.8, 4) is 5.69 Å². The van der Waals surface area contributed by atoms with Gasteiger partial charge >= 0.3 is 0 Å². The maximum atomic E-state index is 12.3. The Labute approximate surface area is 90.3 Å². The lowest BCUT2D eigenvalue weighted by atomic mass is 10.2. The summed E-state index contributed by atoms with van der Waals surface area (Å²) >= 11 is 0. The monoisotopic (exact) mass is 222 g/mol. The number of aldehydes is 1. The molecule has 0 spiro atoms. The zero-order valence-corrected chi connectivity index (χ0v) is 8.18. The molecule has 2 rings (SSSR count). The van der Waals surface area contributed by atoms with Crippen LogP contribution in [-0.2, 0) is 0 Å². The summed E-state index contributed by atoms with van der Waals surface area (Å²) in [5.74, 6) is 0. The maximum Gasteiger partial charge on any atom is 0.282 e. The van der Waals surface area contributed by atoms with Crippen molar-refractivity contribution in [1.82, 2.24) is 9.78 Å². The maximum absolute atomic E-state index is 12.3. The minimum Gasteiger partial charge on any atom is -0.298 e. The molecule has 0 aliphatic rings. The van der Waals surface area contributed by atoms with Gasteiger partial charge in [-0.2, -0.15) is 5.10 Å². The lowest BCUT2D eigenvalue weighted by molar-refractivity contribution is 0.112. The predicted octanol–water partition coefficient (Wildman–Crippen LogP) is 2.62. The molecule has 0 saturated carbocycles. The summed E-state index contributed by atoms with van der Waals surface area (Å²) < 4.78 is 25.9. The number of carbonyl (C=O) groups excluding carboxylic acids is 1. The lowest BCUT2D eigenvalue weighted by Gasteiger charge is -2.00. The first-order valence-electron chi connectivity index (χ1n) is 4.60. The largest absolute Gasteiger partial charge is 0.298 e. The third-order valence-electron chi connectivity index (χ3n) is 2.13. The number of carbonyl (C=O) groups is 1. The summed E-state index contributed by atoms with van der Waals surface area (Å²) in [6.45, 7) is 0. The summed E-state index contributed by atoms with van der Waals surface area (Å²) in [5.41, 5.74) is 0.905. The number of halogens is 2. The molecule has 0 saturated heterocycles. The Morgan fingerprint density at radius 2 is 1.88 bits per heavy atom. The highest BCUT2D eigenvalue weighted by Gasteiger charge is 2.10. The number of benzene rings is 1. The molecule has 0 bridgehead atoms. The minimum absolute atomic E-state index is 0.264. The third-order valence-corrected chi connectivity index (χ3v) is 2.13. The molecule has 0 N–H and O–H groups in total. The van der Waals surface area contributed by atoms with Crippen LogP contribution in [0.25, 0.3) is 5.69 Å². The van der Waals surface area contributed by atoms with E-state index in [0.29, 0.717) is 11.3 Å². The van der Waals surface area contributed by atoms with Crippen LogP contribution >= 0.6 is 0 Å². The fraction of sp³-hybridized carbons (Fsp3) is 0.0909. The van der Waals surface area contributed by atoms with Crippen molar-refractivity contribution in [3.63, 3.8) is 0 Å². The van der Waals surface area contributed by atoms with Crippen LogP contribution in [0, 0.1) is 0 Å². The summed E-state index contributed by atoms with van der Waals surface area (Å²) in [6.07, 6.45) is -0.398. The molecule has 3 nitrogen and oxygen atoms in total. The normalized spacial score (nSPS) is 10.7. The first-order chi connectivity index (χ1) is 7.70. The molecule has 0 unspecified atom stereocenters. The predicted molar refractivity (Wildman–Crippen MR) is 53.9 cm³/mol. The minimum atomic E-state index is -2.57. The van der Waals surface area contributed by atoms with Gasteiger partial charge in [0.1, 0.15) is 12.0 Å². The van der Waals surface area contributed by atoms with Gasteiger partial charge in [0.25, 0.3) is 6.43 Å². The first kappa shape index (κ1) is 10.5. The first-order valence-corrected chi connectivity index (χ1v) is 4.60. The van der Waals surface area contributed by atoms with Gasteiger partial charge in [-0.1, -0.05) is 0 Å². The molecule has 0 atom stereocenters. The molecule has 2 aromatic rings. The third kappa shape index (κ3) is 1.98. The fourth-order valence-electron chi connectivity index (χ4n) is 1.30. The molecular formula is C11H8F2N2O. The van der Waals surface area contributed by atoms with Crippen molar-refractivity contribution in [1.29, 1.82) is 0 Å². The molecule has 0 fully saturated rings. The summed E-state index contributed by atoms with van der Waals surface area (Å²) in [5, 5.41) is 3.71. The van der Waals surface area contributed by atoms with Gasteiger partial charge in [-0.15, -0.1) is 0 Å². The van der Waals surface area contributed by atoms with Crippen molar-refractivity contribution >= 4 is 6.29 Å². The number of alkyl halides is 2. The van der Waals surface area contributed by atoms with Crippen molar-refractivity contribution in [2.75, 3.05) is 0 Å². The van der Waals surface area contributed by atoms with Gasteiger partial charge in [-0.3, -0.25) is 4.79 Å². The van der Waals surface area contributed by atoms with Crippen LogP contribution in [0.1, 0.15) is 22.5 Å². The average Bonchev–Trinajstić information content (AvgIpc) is 2.78. The standard InChI is InChI=1S/C11H8F2N2O/c12-11(13)10-5-6-15(14-10)9-3-1-8(7-16)2-4-9/h1-7,11H. The Kier molecular flexibility index (Phi) is 2.76. The van der Waals surface area contributed by atoms with E-state index in [9.17, 15) is 13.6 Å². The van der Waals surface area contributed by atoms with Gasteiger partial charge in [0.15, 0.2) is 0 Å². The molecular weight excluding hydrogens is 214 g/mol. The number of rotatable bonds is 3. The van der Waals surface area contributed by atoms with E-state index < -0.39 is 6.43 Å². The Bertz CT molecular complexity index is 491. The second kappa shape index (κ2) is 4.22. The van der Waals surface area contributed by atoms with Gasteiger partial charge < -0.3 is 0 Å². The molecule has 1 aromatic heterocycles. The van der Waals surface area contributed by atoms with Crippen molar-refractivity contribution in [2.45, 2.75) is 6.43 Å².